The van der Waals surface area contributed by atoms with E-state index in [4.69, 9.17) is 24.5 Å². The number of carboxylic acid groups (broad SMARTS) is 2. The summed E-state index contributed by atoms with van der Waals surface area (Å²) in [7, 11) is 0. The average molecular weight is 320 g/mol. The van der Waals surface area contributed by atoms with E-state index in [1.54, 1.807) is 0 Å². The van der Waals surface area contributed by atoms with E-state index in [2.05, 4.69) is 23.0 Å². The smallest absolute Gasteiger partial charge is 0.414 e. The van der Waals surface area contributed by atoms with Crippen molar-refractivity contribution in [3.05, 3.63) is 42.5 Å². The Morgan fingerprint density at radius 2 is 2.04 bits per heavy atom. The second kappa shape index (κ2) is 9.24. The topological polar surface area (TPSA) is 108 Å². The fraction of sp³-hybridized carbons (Fsp3) is 0.312. The zero-order valence-electron chi connectivity index (χ0n) is 12.9. The Kier molecular flexibility index (Phi) is 7.32. The zero-order chi connectivity index (χ0) is 17.2. The first-order valence-electron chi connectivity index (χ1n) is 7.05. The molecule has 1 aromatic rings. The normalized spacial score (nSPS) is 13.7. The van der Waals surface area contributed by atoms with Crippen molar-refractivity contribution in [3.8, 4) is 5.75 Å². The van der Waals surface area contributed by atoms with Gasteiger partial charge in [-0.25, -0.2) is 9.59 Å². The molecule has 0 fully saturated rings. The summed E-state index contributed by atoms with van der Waals surface area (Å²) >= 11 is 0. The molecule has 0 amide bonds. The molecule has 2 rings (SSSR count). The predicted molar refractivity (Wildman–Crippen MR) is 86.0 cm³/mol. The van der Waals surface area contributed by atoms with E-state index in [1.807, 2.05) is 31.2 Å². The van der Waals surface area contributed by atoms with E-state index in [9.17, 15) is 0 Å². The molecule has 1 aliphatic rings. The van der Waals surface area contributed by atoms with Gasteiger partial charge in [0.15, 0.2) is 6.10 Å². The first-order chi connectivity index (χ1) is 11.0. The fourth-order valence-electron chi connectivity index (χ4n) is 1.88. The van der Waals surface area contributed by atoms with Crippen molar-refractivity contribution in [2.45, 2.75) is 19.4 Å². The minimum Gasteiger partial charge on any atom is -0.483 e. The minimum atomic E-state index is -1.82. The van der Waals surface area contributed by atoms with Gasteiger partial charge in [-0.2, -0.15) is 0 Å². The van der Waals surface area contributed by atoms with Crippen LogP contribution < -0.4 is 10.1 Å². The Hall–Kier alpha value is -2.83. The number of allylic oxidation sites excluding steroid dienone is 1. The highest BCUT2D eigenvalue weighted by molar-refractivity contribution is 6.27. The molecule has 0 aliphatic carbocycles. The second-order valence-electron chi connectivity index (χ2n) is 4.66. The van der Waals surface area contributed by atoms with Gasteiger partial charge in [0.1, 0.15) is 11.6 Å². The molecule has 1 aromatic carbocycles. The summed E-state index contributed by atoms with van der Waals surface area (Å²) in [5, 5.41) is 18.0. The van der Waals surface area contributed by atoms with Crippen LogP contribution in [0.3, 0.4) is 0 Å². The Balaban J connectivity index is 0.000000379. The van der Waals surface area contributed by atoms with Crippen LogP contribution in [0.25, 0.3) is 0 Å². The van der Waals surface area contributed by atoms with Crippen LogP contribution in [0.5, 0.6) is 5.75 Å². The van der Waals surface area contributed by atoms with Gasteiger partial charge in [0, 0.05) is 6.54 Å². The molecule has 0 bridgehead atoms. The van der Waals surface area contributed by atoms with E-state index >= 15 is 0 Å². The van der Waals surface area contributed by atoms with Crippen LogP contribution in [0, 0.1) is 0 Å². The Labute approximate surface area is 134 Å². The van der Waals surface area contributed by atoms with Gasteiger partial charge in [0.25, 0.3) is 0 Å². The molecule has 1 atom stereocenters. The highest BCUT2D eigenvalue weighted by atomic mass is 16.5. The summed E-state index contributed by atoms with van der Waals surface area (Å²) < 4.78 is 5.94. The Bertz CT molecular complexity index is 586. The molecular formula is C16H20N2O5. The van der Waals surface area contributed by atoms with Crippen LogP contribution in [-0.4, -0.2) is 47.2 Å². The Morgan fingerprint density at radius 1 is 1.39 bits per heavy atom. The van der Waals surface area contributed by atoms with E-state index in [0.717, 1.165) is 36.7 Å². The van der Waals surface area contributed by atoms with E-state index in [0.29, 0.717) is 0 Å². The van der Waals surface area contributed by atoms with Crippen molar-refractivity contribution in [1.29, 1.82) is 0 Å². The van der Waals surface area contributed by atoms with Crippen LogP contribution in [0.2, 0.25) is 0 Å². The van der Waals surface area contributed by atoms with Crippen molar-refractivity contribution < 1.29 is 24.5 Å². The van der Waals surface area contributed by atoms with Gasteiger partial charge in [0.05, 0.1) is 6.54 Å². The van der Waals surface area contributed by atoms with Gasteiger partial charge in [-0.05, 0) is 25.0 Å². The molecule has 0 unspecified atom stereocenters. The molecule has 1 heterocycles. The van der Waals surface area contributed by atoms with Gasteiger partial charge in [-0.15, -0.1) is 6.58 Å². The van der Waals surface area contributed by atoms with Gasteiger partial charge >= 0.3 is 11.9 Å². The SMILES string of the molecule is C=CCc1ccccc1O[C@@H](C)C1=NCCN1.O=C(O)C(=O)O. The van der Waals surface area contributed by atoms with Crippen molar-refractivity contribution in [2.24, 2.45) is 4.99 Å². The van der Waals surface area contributed by atoms with Gasteiger partial charge in [0.2, 0.25) is 0 Å². The molecule has 1 aliphatic heterocycles. The third kappa shape index (κ3) is 6.21. The summed E-state index contributed by atoms with van der Waals surface area (Å²) in [5.74, 6) is -1.79. The lowest BCUT2D eigenvalue weighted by Crippen LogP contribution is -2.33. The van der Waals surface area contributed by atoms with Crippen LogP contribution in [0.1, 0.15) is 12.5 Å². The van der Waals surface area contributed by atoms with E-state index < -0.39 is 11.9 Å². The first-order valence-corrected chi connectivity index (χ1v) is 7.05. The average Bonchev–Trinajstić information content (AvgIpc) is 3.04. The lowest BCUT2D eigenvalue weighted by molar-refractivity contribution is -0.159. The maximum atomic E-state index is 9.10. The standard InChI is InChI=1S/C14H18N2O.C2H2O4/c1-3-6-12-7-4-5-8-13(12)17-11(2)14-15-9-10-16-14;3-1(4)2(5)6/h3-5,7-8,11H,1,6,9-10H2,2H3,(H,15,16);(H,3,4)(H,5,6)/t11-;/m0./s1. The number of hydrogen-bond acceptors (Lipinski definition) is 5. The summed E-state index contributed by atoms with van der Waals surface area (Å²) in [6.45, 7) is 7.54. The number of para-hydroxylation sites is 1. The summed E-state index contributed by atoms with van der Waals surface area (Å²) in [6.07, 6.45) is 2.68. The van der Waals surface area contributed by atoms with Crippen LogP contribution in [0.15, 0.2) is 41.9 Å². The number of aliphatic carboxylic acids is 2. The number of benzene rings is 1. The molecule has 0 radical (unpaired) electrons. The second-order valence-corrected chi connectivity index (χ2v) is 4.66. The summed E-state index contributed by atoms with van der Waals surface area (Å²) in [5.41, 5.74) is 1.16. The summed E-state index contributed by atoms with van der Waals surface area (Å²) in [4.78, 5) is 22.6. The number of amidine groups is 1. The molecule has 0 spiro atoms. The number of hydrogen-bond donors (Lipinski definition) is 3. The number of ether oxygens (including phenoxy) is 1. The number of aliphatic imine (C=N–C) groups is 1. The first kappa shape index (κ1) is 18.2. The number of nitrogens with zero attached hydrogens (tertiary/aromatic N) is 1. The van der Waals surface area contributed by atoms with Crippen LogP contribution >= 0.6 is 0 Å². The molecule has 124 valence electrons. The highest BCUT2D eigenvalue weighted by Crippen LogP contribution is 2.20. The molecule has 7 heteroatoms. The maximum absolute atomic E-state index is 9.10. The molecule has 0 saturated carbocycles. The van der Waals surface area contributed by atoms with Crippen molar-refractivity contribution >= 4 is 17.8 Å². The molecule has 0 aromatic heterocycles. The van der Waals surface area contributed by atoms with Gasteiger partial charge in [-0.3, -0.25) is 4.99 Å². The molecule has 7 nitrogen and oxygen atoms in total. The van der Waals surface area contributed by atoms with Crippen molar-refractivity contribution in [3.63, 3.8) is 0 Å². The molecule has 0 saturated heterocycles. The molecule has 3 N–H and O–H groups in total. The predicted octanol–water partition coefficient (Wildman–Crippen LogP) is 1.34. The third-order valence-electron chi connectivity index (χ3n) is 2.91. The van der Waals surface area contributed by atoms with Crippen molar-refractivity contribution in [1.82, 2.24) is 5.32 Å². The third-order valence-corrected chi connectivity index (χ3v) is 2.91. The number of nitrogens with one attached hydrogen (secondary N) is 1. The molecule has 23 heavy (non-hydrogen) atoms. The zero-order valence-corrected chi connectivity index (χ0v) is 12.9. The maximum Gasteiger partial charge on any atom is 0.414 e. The lowest BCUT2D eigenvalue weighted by atomic mass is 10.1. The van der Waals surface area contributed by atoms with Crippen LogP contribution in [0.4, 0.5) is 0 Å². The fourth-order valence-corrected chi connectivity index (χ4v) is 1.88. The Morgan fingerprint density at radius 3 is 2.57 bits per heavy atom. The summed E-state index contributed by atoms with van der Waals surface area (Å²) in [6, 6.07) is 8.05. The van der Waals surface area contributed by atoms with Crippen molar-refractivity contribution in [2.75, 3.05) is 13.1 Å². The highest BCUT2D eigenvalue weighted by Gasteiger charge is 2.16. The number of carboxylic acids is 2. The lowest BCUT2D eigenvalue weighted by Gasteiger charge is -2.17. The van der Waals surface area contributed by atoms with E-state index in [-0.39, 0.29) is 6.10 Å². The quantitative estimate of drug-likeness (QED) is 0.558. The van der Waals surface area contributed by atoms with Gasteiger partial charge < -0.3 is 20.3 Å². The monoisotopic (exact) mass is 320 g/mol. The van der Waals surface area contributed by atoms with E-state index in [1.165, 1.54) is 0 Å². The number of carbonyl (C=O) groups is 2. The largest absolute Gasteiger partial charge is 0.483 e. The van der Waals surface area contributed by atoms with Gasteiger partial charge in [-0.1, -0.05) is 24.3 Å². The number of rotatable bonds is 5. The minimum absolute atomic E-state index is 0.0246. The molecular weight excluding hydrogens is 300 g/mol. The van der Waals surface area contributed by atoms with Crippen LogP contribution in [-0.2, 0) is 16.0 Å².